The third kappa shape index (κ3) is 18.8. The first-order valence-electron chi connectivity index (χ1n) is 20.8. The fourth-order valence-electron chi connectivity index (χ4n) is 6.32. The van der Waals surface area contributed by atoms with Gasteiger partial charge in [-0.2, -0.15) is 0 Å². The van der Waals surface area contributed by atoms with Crippen molar-refractivity contribution < 1.29 is 34.6 Å². The second-order valence-electron chi connectivity index (χ2n) is 14.2. The number of rotatable bonds is 29. The highest BCUT2D eigenvalue weighted by Crippen LogP contribution is 2.23. The molecule has 324 valence electrons. The summed E-state index contributed by atoms with van der Waals surface area (Å²) in [6.07, 6.45) is 21.4. The molecule has 0 saturated heterocycles. The average Bonchev–Trinajstić information content (AvgIpc) is 3.27. The number of aromatic nitrogens is 1. The number of nitrogens with zero attached hydrogens (tertiary/aromatic N) is 4. The molecule has 0 unspecified atom stereocenters. The first-order chi connectivity index (χ1) is 29.4. The Kier molecular flexibility index (Phi) is 23.1. The van der Waals surface area contributed by atoms with Crippen molar-refractivity contribution in [2.75, 3.05) is 100 Å². The van der Waals surface area contributed by atoms with E-state index in [9.17, 15) is 30.0 Å². The Labute approximate surface area is 363 Å². The minimum absolute atomic E-state index is 0.0386. The van der Waals surface area contributed by atoms with Crippen LogP contribution in [0.3, 0.4) is 0 Å². The molecule has 3 aromatic rings. The molecule has 0 bridgehead atoms. The number of carbonyl (C=O) groups is 2. The zero-order chi connectivity index (χ0) is 42.6. The zero-order valence-corrected chi connectivity index (χ0v) is 36.2. The maximum atomic E-state index is 12.3. The lowest BCUT2D eigenvalue weighted by atomic mass is 10.1. The molecular weight excluding hydrogens is 797 g/mol. The number of allylic oxidation sites excluding steroid dienone is 3. The first-order valence-corrected chi connectivity index (χ1v) is 23.3. The molecule has 0 radical (unpaired) electrons. The van der Waals surface area contributed by atoms with Gasteiger partial charge in [-0.1, -0.05) is 76.2 Å². The van der Waals surface area contributed by atoms with Gasteiger partial charge in [-0.25, -0.2) is 4.57 Å². The Morgan fingerprint density at radius 3 is 1.58 bits per heavy atom. The van der Waals surface area contributed by atoms with Crippen LogP contribution in [0.25, 0.3) is 18.2 Å². The summed E-state index contributed by atoms with van der Waals surface area (Å²) in [5.41, 5.74) is 6.32. The average molecular weight is 860 g/mol. The summed E-state index contributed by atoms with van der Waals surface area (Å²) in [7, 11) is 3.26. The van der Waals surface area contributed by atoms with Crippen LogP contribution >= 0.6 is 21.6 Å². The van der Waals surface area contributed by atoms with Crippen molar-refractivity contribution in [1.29, 1.82) is 0 Å². The lowest BCUT2D eigenvalue weighted by Gasteiger charge is -2.23. The normalized spacial score (nSPS) is 12.6. The number of carbonyl (C=O) groups excluding carboxylic acids is 2. The molecule has 0 spiro atoms. The van der Waals surface area contributed by atoms with Gasteiger partial charge < -0.3 is 45.8 Å². The quantitative estimate of drug-likeness (QED) is 0.0336. The molecule has 0 aliphatic carbocycles. The van der Waals surface area contributed by atoms with Crippen LogP contribution in [-0.4, -0.2) is 127 Å². The monoisotopic (exact) mass is 859 g/mol. The summed E-state index contributed by atoms with van der Waals surface area (Å²) in [4.78, 5) is 30.7. The van der Waals surface area contributed by atoms with Crippen molar-refractivity contribution in [2.45, 2.75) is 32.2 Å². The van der Waals surface area contributed by atoms with E-state index in [4.69, 9.17) is 0 Å². The smallest absolute Gasteiger partial charge is 0.220 e. The van der Waals surface area contributed by atoms with E-state index in [2.05, 4.69) is 74.9 Å². The number of aliphatic hydroxyl groups excluding tert-OH is 4. The van der Waals surface area contributed by atoms with Crippen LogP contribution in [0.1, 0.15) is 42.4 Å². The lowest BCUT2D eigenvalue weighted by molar-refractivity contribution is -0.697. The van der Waals surface area contributed by atoms with Crippen molar-refractivity contribution >= 4 is 63.0 Å². The Hall–Kier alpha value is -4.57. The Balaban J connectivity index is 0.969. The molecule has 14 heteroatoms. The Bertz CT molecular complexity index is 1790. The fourth-order valence-corrected chi connectivity index (χ4v) is 8.30. The predicted molar refractivity (Wildman–Crippen MR) is 248 cm³/mol. The third-order valence-electron chi connectivity index (χ3n) is 9.66. The minimum atomic E-state index is 0.0386. The van der Waals surface area contributed by atoms with Gasteiger partial charge in [-0.05, 0) is 65.2 Å². The summed E-state index contributed by atoms with van der Waals surface area (Å²) < 4.78 is 2.11. The molecule has 0 fully saturated rings. The molecule has 60 heavy (non-hydrogen) atoms. The largest absolute Gasteiger partial charge is 0.395 e. The molecule has 0 saturated carbocycles. The van der Waals surface area contributed by atoms with E-state index in [0.717, 1.165) is 66.1 Å². The van der Waals surface area contributed by atoms with E-state index in [1.165, 1.54) is 0 Å². The van der Waals surface area contributed by atoms with E-state index >= 15 is 0 Å². The van der Waals surface area contributed by atoms with Crippen LogP contribution in [-0.2, 0) is 16.1 Å². The number of nitrogens with one attached hydrogen (secondary N) is 2. The zero-order valence-electron chi connectivity index (χ0n) is 34.6. The molecule has 0 atom stereocenters. The van der Waals surface area contributed by atoms with Crippen molar-refractivity contribution in [3.63, 3.8) is 0 Å². The van der Waals surface area contributed by atoms with Gasteiger partial charge in [0.2, 0.25) is 11.8 Å². The molecular formula is C46H63N6O6S2+. The highest BCUT2D eigenvalue weighted by molar-refractivity contribution is 8.76. The molecule has 1 aromatic heterocycles. The van der Waals surface area contributed by atoms with Gasteiger partial charge in [0.25, 0.3) is 0 Å². The third-order valence-corrected chi connectivity index (χ3v) is 12.1. The summed E-state index contributed by atoms with van der Waals surface area (Å²) in [6.45, 7) is 5.85. The Morgan fingerprint density at radius 2 is 1.12 bits per heavy atom. The van der Waals surface area contributed by atoms with Crippen molar-refractivity contribution in [3.05, 3.63) is 120 Å². The van der Waals surface area contributed by atoms with Gasteiger partial charge >= 0.3 is 0 Å². The number of aryl methyl sites for hydroxylation is 1. The highest BCUT2D eigenvalue weighted by atomic mass is 33.1. The number of hydrogen-bond donors (Lipinski definition) is 6. The summed E-state index contributed by atoms with van der Waals surface area (Å²) in [6, 6.07) is 20.2. The van der Waals surface area contributed by atoms with Gasteiger partial charge in [0.15, 0.2) is 12.4 Å². The second-order valence-corrected chi connectivity index (χ2v) is 16.9. The summed E-state index contributed by atoms with van der Waals surface area (Å²) in [5, 5.41) is 43.1. The summed E-state index contributed by atoms with van der Waals surface area (Å²) >= 11 is 0. The van der Waals surface area contributed by atoms with Crippen LogP contribution < -0.4 is 25.0 Å². The summed E-state index contributed by atoms with van der Waals surface area (Å²) in [5.74, 6) is 1.51. The van der Waals surface area contributed by atoms with Crippen LogP contribution in [0, 0.1) is 0 Å². The Morgan fingerprint density at radius 1 is 0.650 bits per heavy atom. The number of aliphatic hydroxyl groups is 4. The standard InChI is InChI=1S/C46H62N6O6S2/c53-33-29-51(30-34-54)43-11-7-39(8-12-43)3-5-41-15-25-49(26-16-41)23-1-21-47-45(57)19-37-59-60-38-20-46(58)48-22-2-24-50-27-17-42(18-28-50)6-4-40-9-13-44(14-10-40)52(31-35-55)32-36-56/h3-18,25-27,53-56H,1-2,19-24,28-38H2,(H-,47,48,57,58)/p+1/b6-4+. The molecule has 2 amide bonds. The van der Waals surface area contributed by atoms with E-state index in [1.807, 2.05) is 70.7 Å². The topological polar surface area (TPSA) is 153 Å². The van der Waals surface area contributed by atoms with Gasteiger partial charge in [0, 0.05) is 107 Å². The maximum Gasteiger partial charge on any atom is 0.220 e. The van der Waals surface area contributed by atoms with Gasteiger partial charge in [-0.3, -0.25) is 9.59 Å². The van der Waals surface area contributed by atoms with E-state index in [1.54, 1.807) is 21.6 Å². The van der Waals surface area contributed by atoms with Crippen LogP contribution in [0.5, 0.6) is 0 Å². The molecule has 12 nitrogen and oxygen atoms in total. The molecule has 2 heterocycles. The fraction of sp³-hybridized carbons (Fsp3) is 0.413. The van der Waals surface area contributed by atoms with Gasteiger partial charge in [0.05, 0.1) is 26.4 Å². The SMILES string of the molecule is O=C(CCSSCCC(=O)NCCC[n+]1ccc(/C=C/c2ccc(N(CCO)CCO)cc2)cc1)NCCCN1C=CC(/C=C/c2ccc(N(CCO)CCO)cc2)=CC1. The molecule has 1 aliphatic rings. The predicted octanol–water partition coefficient (Wildman–Crippen LogP) is 4.37. The van der Waals surface area contributed by atoms with E-state index < -0.39 is 0 Å². The van der Waals surface area contributed by atoms with Crippen molar-refractivity contribution in [2.24, 2.45) is 0 Å². The van der Waals surface area contributed by atoms with Gasteiger partial charge in [0.1, 0.15) is 6.54 Å². The number of amides is 2. The van der Waals surface area contributed by atoms with E-state index in [0.29, 0.717) is 63.6 Å². The van der Waals surface area contributed by atoms with Crippen LogP contribution in [0.4, 0.5) is 11.4 Å². The minimum Gasteiger partial charge on any atom is -0.395 e. The maximum absolute atomic E-state index is 12.3. The van der Waals surface area contributed by atoms with Gasteiger partial charge in [-0.15, -0.1) is 0 Å². The number of hydrogen-bond acceptors (Lipinski definition) is 11. The number of anilines is 2. The molecule has 4 rings (SSSR count). The van der Waals surface area contributed by atoms with E-state index in [-0.39, 0.29) is 38.2 Å². The number of pyridine rings is 1. The van der Waals surface area contributed by atoms with Crippen molar-refractivity contribution in [3.8, 4) is 0 Å². The van der Waals surface area contributed by atoms with Crippen LogP contribution in [0.15, 0.2) is 103 Å². The molecule has 1 aliphatic heterocycles. The highest BCUT2D eigenvalue weighted by Gasteiger charge is 2.09. The van der Waals surface area contributed by atoms with Crippen molar-refractivity contribution in [1.82, 2.24) is 15.5 Å². The number of benzene rings is 2. The molecule has 2 aromatic carbocycles. The first kappa shape index (κ1) is 48.1. The second kappa shape index (κ2) is 28.8. The van der Waals surface area contributed by atoms with Crippen LogP contribution in [0.2, 0.25) is 0 Å². The molecule has 6 N–H and O–H groups in total. The lowest BCUT2D eigenvalue weighted by Crippen LogP contribution is -2.35.